The van der Waals surface area contributed by atoms with E-state index >= 15 is 0 Å². The molecule has 0 bridgehead atoms. The average Bonchev–Trinajstić information content (AvgIpc) is 2.64. The molecule has 0 saturated carbocycles. The lowest BCUT2D eigenvalue weighted by molar-refractivity contribution is 0.734. The number of hydrogen-bond acceptors (Lipinski definition) is 0. The standard InChI is InChI=1S/C25H28/c1-6-17(2)21-7-9-22(10-8-21)23-11-13-24(14-12-23)25-16-19(4)18(3)15-20(25)5/h7-17H,6H2,1-5H3. The normalized spacial score (nSPS) is 12.2. The summed E-state index contributed by atoms with van der Waals surface area (Å²) in [5.74, 6) is 0.629. The second-order valence-electron chi connectivity index (χ2n) is 7.26. The van der Waals surface area contributed by atoms with Gasteiger partial charge in [-0.3, -0.25) is 0 Å². The summed E-state index contributed by atoms with van der Waals surface area (Å²) >= 11 is 0. The molecule has 0 heteroatoms. The summed E-state index contributed by atoms with van der Waals surface area (Å²) < 4.78 is 0. The van der Waals surface area contributed by atoms with Gasteiger partial charge >= 0.3 is 0 Å². The molecule has 128 valence electrons. The summed E-state index contributed by atoms with van der Waals surface area (Å²) in [6.45, 7) is 11.1. The first-order valence-electron chi connectivity index (χ1n) is 9.28. The molecule has 3 aromatic rings. The minimum Gasteiger partial charge on any atom is -0.0648 e. The summed E-state index contributed by atoms with van der Waals surface area (Å²) in [6.07, 6.45) is 1.18. The van der Waals surface area contributed by atoms with Crippen LogP contribution in [0.1, 0.15) is 48.4 Å². The first kappa shape index (κ1) is 17.5. The van der Waals surface area contributed by atoms with Gasteiger partial charge in [0.2, 0.25) is 0 Å². The Labute approximate surface area is 152 Å². The van der Waals surface area contributed by atoms with Gasteiger partial charge in [0.1, 0.15) is 0 Å². The first-order valence-corrected chi connectivity index (χ1v) is 9.28. The summed E-state index contributed by atoms with van der Waals surface area (Å²) in [6, 6.07) is 22.6. The monoisotopic (exact) mass is 328 g/mol. The maximum Gasteiger partial charge on any atom is -0.0152 e. The van der Waals surface area contributed by atoms with Crippen LogP contribution in [-0.4, -0.2) is 0 Å². The van der Waals surface area contributed by atoms with Gasteiger partial charge in [-0.2, -0.15) is 0 Å². The Hall–Kier alpha value is -2.34. The van der Waals surface area contributed by atoms with E-state index in [-0.39, 0.29) is 0 Å². The zero-order chi connectivity index (χ0) is 18.0. The van der Waals surface area contributed by atoms with Crippen LogP contribution < -0.4 is 0 Å². The Balaban J connectivity index is 1.89. The van der Waals surface area contributed by atoms with Crippen molar-refractivity contribution in [2.24, 2.45) is 0 Å². The van der Waals surface area contributed by atoms with E-state index in [0.717, 1.165) is 0 Å². The molecular formula is C25H28. The first-order chi connectivity index (χ1) is 12.0. The molecule has 1 unspecified atom stereocenters. The van der Waals surface area contributed by atoms with Crippen molar-refractivity contribution in [1.82, 2.24) is 0 Å². The molecule has 3 aromatic carbocycles. The molecule has 0 aliphatic rings. The van der Waals surface area contributed by atoms with Crippen LogP contribution in [0.5, 0.6) is 0 Å². The Kier molecular flexibility index (Phi) is 5.08. The lowest BCUT2D eigenvalue weighted by Gasteiger charge is -2.12. The third kappa shape index (κ3) is 3.69. The zero-order valence-corrected chi connectivity index (χ0v) is 16.1. The van der Waals surface area contributed by atoms with Gasteiger partial charge in [0, 0.05) is 0 Å². The topological polar surface area (TPSA) is 0 Å². The number of aryl methyl sites for hydroxylation is 3. The largest absolute Gasteiger partial charge is 0.0648 e. The second-order valence-corrected chi connectivity index (χ2v) is 7.26. The van der Waals surface area contributed by atoms with Gasteiger partial charge < -0.3 is 0 Å². The molecular weight excluding hydrogens is 300 g/mol. The molecule has 1 atom stereocenters. The van der Waals surface area contributed by atoms with Crippen LogP contribution in [0.15, 0.2) is 60.7 Å². The van der Waals surface area contributed by atoms with Crippen molar-refractivity contribution in [3.63, 3.8) is 0 Å². The molecule has 0 fully saturated rings. The van der Waals surface area contributed by atoms with Gasteiger partial charge in [0.25, 0.3) is 0 Å². The van der Waals surface area contributed by atoms with Crippen molar-refractivity contribution in [1.29, 1.82) is 0 Å². The van der Waals surface area contributed by atoms with E-state index in [4.69, 9.17) is 0 Å². The summed E-state index contributed by atoms with van der Waals surface area (Å²) in [5, 5.41) is 0. The molecule has 0 aliphatic carbocycles. The van der Waals surface area contributed by atoms with Crippen LogP contribution in [0.2, 0.25) is 0 Å². The molecule has 3 rings (SSSR count). The fourth-order valence-corrected chi connectivity index (χ4v) is 3.35. The fraction of sp³-hybridized carbons (Fsp3) is 0.280. The molecule has 0 heterocycles. The van der Waals surface area contributed by atoms with E-state index in [1.807, 2.05) is 0 Å². The smallest absolute Gasteiger partial charge is 0.0152 e. The van der Waals surface area contributed by atoms with Gasteiger partial charge in [-0.25, -0.2) is 0 Å². The van der Waals surface area contributed by atoms with Crippen LogP contribution in [0, 0.1) is 20.8 Å². The minimum atomic E-state index is 0.629. The number of hydrogen-bond donors (Lipinski definition) is 0. The Morgan fingerprint density at radius 3 is 1.68 bits per heavy atom. The van der Waals surface area contributed by atoms with E-state index < -0.39 is 0 Å². The summed E-state index contributed by atoms with van der Waals surface area (Å²) in [7, 11) is 0. The lowest BCUT2D eigenvalue weighted by atomic mass is 9.93. The maximum absolute atomic E-state index is 2.31. The van der Waals surface area contributed by atoms with Crippen molar-refractivity contribution in [2.45, 2.75) is 47.0 Å². The Morgan fingerprint density at radius 1 is 0.640 bits per heavy atom. The van der Waals surface area contributed by atoms with E-state index in [1.165, 1.54) is 50.9 Å². The molecule has 0 radical (unpaired) electrons. The lowest BCUT2D eigenvalue weighted by Crippen LogP contribution is -1.91. The van der Waals surface area contributed by atoms with Crippen molar-refractivity contribution in [2.75, 3.05) is 0 Å². The van der Waals surface area contributed by atoms with Crippen molar-refractivity contribution >= 4 is 0 Å². The molecule has 0 amide bonds. The molecule has 0 aliphatic heterocycles. The maximum atomic E-state index is 2.31. The molecule has 25 heavy (non-hydrogen) atoms. The van der Waals surface area contributed by atoms with E-state index in [2.05, 4.69) is 95.3 Å². The van der Waals surface area contributed by atoms with Crippen LogP contribution in [0.4, 0.5) is 0 Å². The van der Waals surface area contributed by atoms with Gasteiger partial charge in [0.05, 0.1) is 0 Å². The summed E-state index contributed by atoms with van der Waals surface area (Å²) in [5.41, 5.74) is 10.7. The molecule has 0 N–H and O–H groups in total. The third-order valence-electron chi connectivity index (χ3n) is 5.46. The average molecular weight is 328 g/mol. The van der Waals surface area contributed by atoms with Crippen LogP contribution in [0.25, 0.3) is 22.3 Å². The fourth-order valence-electron chi connectivity index (χ4n) is 3.35. The Morgan fingerprint density at radius 2 is 1.12 bits per heavy atom. The molecule has 0 aromatic heterocycles. The van der Waals surface area contributed by atoms with E-state index in [0.29, 0.717) is 5.92 Å². The highest BCUT2D eigenvalue weighted by Gasteiger charge is 2.06. The molecule has 0 saturated heterocycles. The highest BCUT2D eigenvalue weighted by atomic mass is 14.1. The van der Waals surface area contributed by atoms with Gasteiger partial charge in [-0.1, -0.05) is 74.5 Å². The van der Waals surface area contributed by atoms with Crippen LogP contribution >= 0.6 is 0 Å². The number of benzene rings is 3. The van der Waals surface area contributed by atoms with Gasteiger partial charge in [-0.15, -0.1) is 0 Å². The van der Waals surface area contributed by atoms with Crippen molar-refractivity contribution in [3.8, 4) is 22.3 Å². The van der Waals surface area contributed by atoms with E-state index in [9.17, 15) is 0 Å². The van der Waals surface area contributed by atoms with E-state index in [1.54, 1.807) is 0 Å². The van der Waals surface area contributed by atoms with Crippen LogP contribution in [0.3, 0.4) is 0 Å². The van der Waals surface area contributed by atoms with Crippen LogP contribution in [-0.2, 0) is 0 Å². The SMILES string of the molecule is CCC(C)c1ccc(-c2ccc(-c3cc(C)c(C)cc3C)cc2)cc1. The third-order valence-corrected chi connectivity index (χ3v) is 5.46. The number of rotatable bonds is 4. The predicted octanol–water partition coefficient (Wildman–Crippen LogP) is 7.46. The van der Waals surface area contributed by atoms with Gasteiger partial charge in [0.15, 0.2) is 0 Å². The van der Waals surface area contributed by atoms with Crippen molar-refractivity contribution in [3.05, 3.63) is 82.9 Å². The summed E-state index contributed by atoms with van der Waals surface area (Å²) in [4.78, 5) is 0. The highest BCUT2D eigenvalue weighted by Crippen LogP contribution is 2.29. The quantitative estimate of drug-likeness (QED) is 0.466. The zero-order valence-electron chi connectivity index (χ0n) is 16.1. The van der Waals surface area contributed by atoms with Gasteiger partial charge in [-0.05, 0) is 77.6 Å². The predicted molar refractivity (Wildman–Crippen MR) is 110 cm³/mol. The minimum absolute atomic E-state index is 0.629. The molecule has 0 nitrogen and oxygen atoms in total. The Bertz CT molecular complexity index is 852. The highest BCUT2D eigenvalue weighted by molar-refractivity contribution is 5.73. The molecule has 0 spiro atoms. The second kappa shape index (κ2) is 7.27. The van der Waals surface area contributed by atoms with Crippen molar-refractivity contribution < 1.29 is 0 Å².